The van der Waals surface area contributed by atoms with E-state index in [9.17, 15) is 13.2 Å². The van der Waals surface area contributed by atoms with Gasteiger partial charge in [0.05, 0.1) is 0 Å². The molecule has 1 aromatic rings. The number of sulfonamides is 1. The Morgan fingerprint density at radius 1 is 1.55 bits per heavy atom. The first-order valence-electron chi connectivity index (χ1n) is 6.33. The van der Waals surface area contributed by atoms with Gasteiger partial charge in [0.25, 0.3) is 0 Å². The molecule has 1 saturated heterocycles. The molecule has 1 aromatic heterocycles. The topological polar surface area (TPSA) is 86.7 Å². The first kappa shape index (κ1) is 15.4. The molecule has 8 heteroatoms. The minimum absolute atomic E-state index is 0.0942. The smallest absolute Gasteiger partial charge is 0.347 e. The van der Waals surface area contributed by atoms with Crippen molar-refractivity contribution in [1.29, 1.82) is 0 Å². The van der Waals surface area contributed by atoms with Crippen LogP contribution in [0.25, 0.3) is 0 Å². The molecule has 6 nitrogen and oxygen atoms in total. The van der Waals surface area contributed by atoms with Crippen LogP contribution < -0.4 is 4.72 Å². The maximum atomic E-state index is 12.4. The van der Waals surface area contributed by atoms with E-state index in [4.69, 9.17) is 5.11 Å². The van der Waals surface area contributed by atoms with Gasteiger partial charge in [-0.1, -0.05) is 0 Å². The quantitative estimate of drug-likeness (QED) is 0.869. The van der Waals surface area contributed by atoms with E-state index in [1.807, 2.05) is 7.05 Å². The molecule has 0 amide bonds. The Bertz CT molecular complexity index is 609. The van der Waals surface area contributed by atoms with Crippen LogP contribution in [-0.2, 0) is 10.0 Å². The van der Waals surface area contributed by atoms with Crippen LogP contribution in [0.2, 0.25) is 0 Å². The van der Waals surface area contributed by atoms with E-state index in [1.54, 1.807) is 12.3 Å². The lowest BCUT2D eigenvalue weighted by Gasteiger charge is -2.30. The molecule has 1 atom stereocenters. The highest BCUT2D eigenvalue weighted by molar-refractivity contribution is 7.89. The highest BCUT2D eigenvalue weighted by Crippen LogP contribution is 2.27. The molecule has 0 radical (unpaired) electrons. The van der Waals surface area contributed by atoms with Crippen LogP contribution in [0.4, 0.5) is 0 Å². The van der Waals surface area contributed by atoms with E-state index in [0.717, 1.165) is 30.7 Å². The molecule has 0 bridgehead atoms. The van der Waals surface area contributed by atoms with Crippen LogP contribution in [0.15, 0.2) is 10.3 Å². The number of nitrogens with zero attached hydrogens (tertiary/aromatic N) is 1. The number of carbonyl (C=O) groups is 1. The summed E-state index contributed by atoms with van der Waals surface area (Å²) in [7, 11) is -1.85. The third-order valence-electron chi connectivity index (χ3n) is 3.33. The number of thiophene rings is 1. The van der Waals surface area contributed by atoms with Crippen molar-refractivity contribution in [3.8, 4) is 0 Å². The minimum atomic E-state index is -3.79. The molecule has 2 N–H and O–H groups in total. The third-order valence-corrected chi connectivity index (χ3v) is 6.25. The molecule has 20 heavy (non-hydrogen) atoms. The van der Waals surface area contributed by atoms with Crippen molar-refractivity contribution in [2.24, 2.45) is 0 Å². The maximum Gasteiger partial charge on any atom is 0.347 e. The van der Waals surface area contributed by atoms with Gasteiger partial charge < -0.3 is 10.0 Å². The standard InChI is InChI=1S/C12H18N2O4S2/c1-8-7-19-10(12(15)16)11(8)20(17,18)13-9-4-3-5-14(2)6-9/h7,9,13H,3-6H2,1-2H3,(H,15,16). The summed E-state index contributed by atoms with van der Waals surface area (Å²) in [6, 6.07) is -0.167. The molecule has 1 aliphatic heterocycles. The zero-order chi connectivity index (χ0) is 14.9. The molecule has 0 aromatic carbocycles. The summed E-state index contributed by atoms with van der Waals surface area (Å²) in [4.78, 5) is 13.0. The predicted octanol–water partition coefficient (Wildman–Crippen LogP) is 1.13. The average molecular weight is 318 g/mol. The molecule has 0 saturated carbocycles. The second-order valence-corrected chi connectivity index (χ2v) is 7.64. The summed E-state index contributed by atoms with van der Waals surface area (Å²) < 4.78 is 27.5. The molecule has 0 spiro atoms. The summed E-state index contributed by atoms with van der Waals surface area (Å²) >= 11 is 0.945. The fourth-order valence-electron chi connectivity index (χ4n) is 2.46. The van der Waals surface area contributed by atoms with E-state index in [-0.39, 0.29) is 15.8 Å². The van der Waals surface area contributed by atoms with Crippen LogP contribution in [0.3, 0.4) is 0 Å². The molecule has 0 aliphatic carbocycles. The normalized spacial score (nSPS) is 21.0. The zero-order valence-corrected chi connectivity index (χ0v) is 13.1. The van der Waals surface area contributed by atoms with Gasteiger partial charge in [0.2, 0.25) is 10.0 Å². The number of aryl methyl sites for hydroxylation is 1. The predicted molar refractivity (Wildman–Crippen MR) is 76.9 cm³/mol. The van der Waals surface area contributed by atoms with Crippen LogP contribution >= 0.6 is 11.3 Å². The van der Waals surface area contributed by atoms with Crippen molar-refractivity contribution < 1.29 is 18.3 Å². The Hall–Kier alpha value is -0.960. The second-order valence-electron chi connectivity index (χ2n) is 5.10. The summed E-state index contributed by atoms with van der Waals surface area (Å²) in [5.74, 6) is -1.20. The second kappa shape index (κ2) is 5.80. The molecule has 112 valence electrons. The maximum absolute atomic E-state index is 12.4. The molecule has 1 aliphatic rings. The van der Waals surface area contributed by atoms with Gasteiger partial charge in [-0.15, -0.1) is 11.3 Å². The first-order chi connectivity index (χ1) is 9.31. The van der Waals surface area contributed by atoms with Crippen molar-refractivity contribution in [3.05, 3.63) is 15.8 Å². The summed E-state index contributed by atoms with van der Waals surface area (Å²) in [5.41, 5.74) is 0.476. The first-order valence-corrected chi connectivity index (χ1v) is 8.70. The SMILES string of the molecule is Cc1csc(C(=O)O)c1S(=O)(=O)NC1CCCN(C)C1. The summed E-state index contributed by atoms with van der Waals surface area (Å²) in [5, 5.41) is 10.7. The van der Waals surface area contributed by atoms with E-state index in [1.165, 1.54) is 0 Å². The van der Waals surface area contributed by atoms with Gasteiger partial charge in [-0.3, -0.25) is 0 Å². The van der Waals surface area contributed by atoms with Crippen molar-refractivity contribution in [3.63, 3.8) is 0 Å². The van der Waals surface area contributed by atoms with Gasteiger partial charge >= 0.3 is 5.97 Å². The lowest BCUT2D eigenvalue weighted by atomic mass is 10.1. The number of piperidine rings is 1. The van der Waals surface area contributed by atoms with E-state index < -0.39 is 16.0 Å². The number of aromatic carboxylic acids is 1. The highest BCUT2D eigenvalue weighted by atomic mass is 32.2. The highest BCUT2D eigenvalue weighted by Gasteiger charge is 2.30. The number of carboxylic acid groups (broad SMARTS) is 1. The fraction of sp³-hybridized carbons (Fsp3) is 0.583. The number of hydrogen-bond acceptors (Lipinski definition) is 5. The molecule has 1 fully saturated rings. The Morgan fingerprint density at radius 2 is 2.25 bits per heavy atom. The van der Waals surface area contributed by atoms with Crippen molar-refractivity contribution >= 4 is 27.3 Å². The number of nitrogens with one attached hydrogen (secondary N) is 1. The van der Waals surface area contributed by atoms with E-state index in [2.05, 4.69) is 9.62 Å². The Kier molecular flexibility index (Phi) is 4.48. The Labute approximate surface area is 122 Å². The summed E-state index contributed by atoms with van der Waals surface area (Å²) in [6.07, 6.45) is 1.70. The van der Waals surface area contributed by atoms with Gasteiger partial charge in [-0.05, 0) is 44.3 Å². The molecular formula is C12H18N2O4S2. The Morgan fingerprint density at radius 3 is 2.85 bits per heavy atom. The van der Waals surface area contributed by atoms with Crippen LogP contribution in [0, 0.1) is 6.92 Å². The van der Waals surface area contributed by atoms with Gasteiger partial charge in [0, 0.05) is 12.6 Å². The lowest BCUT2D eigenvalue weighted by Crippen LogP contribution is -2.46. The third kappa shape index (κ3) is 3.20. The van der Waals surface area contributed by atoms with Crippen molar-refractivity contribution in [1.82, 2.24) is 9.62 Å². The van der Waals surface area contributed by atoms with Crippen LogP contribution in [-0.4, -0.2) is 50.6 Å². The molecule has 2 rings (SSSR count). The zero-order valence-electron chi connectivity index (χ0n) is 11.4. The monoisotopic (exact) mass is 318 g/mol. The van der Waals surface area contributed by atoms with Crippen LogP contribution in [0.5, 0.6) is 0 Å². The number of likely N-dealkylation sites (tertiary alicyclic amines) is 1. The average Bonchev–Trinajstić information content (AvgIpc) is 2.71. The Balaban J connectivity index is 2.26. The van der Waals surface area contributed by atoms with Gasteiger partial charge in [0.15, 0.2) is 0 Å². The largest absolute Gasteiger partial charge is 0.477 e. The number of hydrogen-bond donors (Lipinski definition) is 2. The number of carboxylic acids is 1. The van der Waals surface area contributed by atoms with Crippen LogP contribution in [0.1, 0.15) is 28.1 Å². The minimum Gasteiger partial charge on any atom is -0.477 e. The molecule has 1 unspecified atom stereocenters. The fourth-order valence-corrected chi connectivity index (χ4v) is 5.35. The lowest BCUT2D eigenvalue weighted by molar-refractivity contribution is 0.0698. The van der Waals surface area contributed by atoms with Gasteiger partial charge in [0.1, 0.15) is 9.77 Å². The molecule has 2 heterocycles. The van der Waals surface area contributed by atoms with E-state index >= 15 is 0 Å². The van der Waals surface area contributed by atoms with Crippen molar-refractivity contribution in [2.75, 3.05) is 20.1 Å². The van der Waals surface area contributed by atoms with Gasteiger partial charge in [-0.2, -0.15) is 0 Å². The molecular weight excluding hydrogens is 300 g/mol. The number of rotatable bonds is 4. The summed E-state index contributed by atoms with van der Waals surface area (Å²) in [6.45, 7) is 3.21. The van der Waals surface area contributed by atoms with Crippen molar-refractivity contribution in [2.45, 2.75) is 30.7 Å². The van der Waals surface area contributed by atoms with Gasteiger partial charge in [-0.25, -0.2) is 17.9 Å². The van der Waals surface area contributed by atoms with E-state index in [0.29, 0.717) is 12.1 Å². The number of likely N-dealkylation sites (N-methyl/N-ethyl adjacent to an activating group) is 1.